The van der Waals surface area contributed by atoms with Crippen molar-refractivity contribution in [3.05, 3.63) is 0 Å². The van der Waals surface area contributed by atoms with E-state index in [-0.39, 0.29) is 11.8 Å². The molecule has 2 amide bonds. The SMILES string of the molecule is CCCC1(C2CCNCC2)CC(=O)NC1=O. The standard InChI is InChI=1S/C12H20N2O2/c1-2-5-12(8-10(15)14-11(12)16)9-3-6-13-7-4-9/h9,13H,2-8H2,1H3,(H,14,15,16). The fourth-order valence-corrected chi connectivity index (χ4v) is 3.22. The Labute approximate surface area is 96.2 Å². The summed E-state index contributed by atoms with van der Waals surface area (Å²) in [6.45, 7) is 4.02. The van der Waals surface area contributed by atoms with Gasteiger partial charge in [-0.1, -0.05) is 13.3 Å². The first-order chi connectivity index (χ1) is 7.69. The van der Waals surface area contributed by atoms with Gasteiger partial charge in [-0.25, -0.2) is 0 Å². The molecule has 1 unspecified atom stereocenters. The summed E-state index contributed by atoms with van der Waals surface area (Å²) in [5.74, 6) is 0.267. The molecule has 90 valence electrons. The largest absolute Gasteiger partial charge is 0.317 e. The van der Waals surface area contributed by atoms with Gasteiger partial charge in [-0.15, -0.1) is 0 Å². The third-order valence-electron chi connectivity index (χ3n) is 4.00. The molecule has 2 heterocycles. The highest BCUT2D eigenvalue weighted by molar-refractivity contribution is 6.06. The average molecular weight is 224 g/mol. The summed E-state index contributed by atoms with van der Waals surface area (Å²) >= 11 is 0. The molecule has 0 radical (unpaired) electrons. The summed E-state index contributed by atoms with van der Waals surface area (Å²) in [6, 6.07) is 0. The van der Waals surface area contributed by atoms with Crippen molar-refractivity contribution in [3.8, 4) is 0 Å². The van der Waals surface area contributed by atoms with E-state index in [4.69, 9.17) is 0 Å². The second-order valence-corrected chi connectivity index (χ2v) is 4.98. The van der Waals surface area contributed by atoms with E-state index in [1.54, 1.807) is 0 Å². The van der Waals surface area contributed by atoms with Gasteiger partial charge in [0.05, 0.1) is 5.41 Å². The molecule has 0 saturated carbocycles. The number of hydrogen-bond acceptors (Lipinski definition) is 3. The molecule has 16 heavy (non-hydrogen) atoms. The van der Waals surface area contributed by atoms with Crippen molar-refractivity contribution in [2.24, 2.45) is 11.3 Å². The van der Waals surface area contributed by atoms with Crippen molar-refractivity contribution >= 4 is 11.8 Å². The van der Waals surface area contributed by atoms with Crippen LogP contribution < -0.4 is 10.6 Å². The molecule has 2 N–H and O–H groups in total. The molecule has 2 aliphatic rings. The van der Waals surface area contributed by atoms with Crippen LogP contribution in [0.1, 0.15) is 39.0 Å². The normalized spacial score (nSPS) is 31.8. The van der Waals surface area contributed by atoms with Crippen LogP contribution in [0.15, 0.2) is 0 Å². The van der Waals surface area contributed by atoms with Gasteiger partial charge < -0.3 is 5.32 Å². The van der Waals surface area contributed by atoms with Crippen LogP contribution in [0.4, 0.5) is 0 Å². The number of nitrogens with one attached hydrogen (secondary N) is 2. The lowest BCUT2D eigenvalue weighted by atomic mass is 9.67. The molecule has 0 aromatic carbocycles. The van der Waals surface area contributed by atoms with Crippen molar-refractivity contribution in [1.29, 1.82) is 0 Å². The number of hydrogen-bond donors (Lipinski definition) is 2. The van der Waals surface area contributed by atoms with E-state index in [0.717, 1.165) is 38.8 Å². The highest BCUT2D eigenvalue weighted by Crippen LogP contribution is 2.44. The van der Waals surface area contributed by atoms with Gasteiger partial charge in [-0.2, -0.15) is 0 Å². The first-order valence-corrected chi connectivity index (χ1v) is 6.24. The molecule has 2 aliphatic heterocycles. The monoisotopic (exact) mass is 224 g/mol. The van der Waals surface area contributed by atoms with E-state index in [1.165, 1.54) is 0 Å². The summed E-state index contributed by atoms with van der Waals surface area (Å²) in [7, 11) is 0. The van der Waals surface area contributed by atoms with E-state index in [0.29, 0.717) is 12.3 Å². The highest BCUT2D eigenvalue weighted by Gasteiger charge is 2.50. The Morgan fingerprint density at radius 2 is 2.00 bits per heavy atom. The van der Waals surface area contributed by atoms with Crippen molar-refractivity contribution < 1.29 is 9.59 Å². The molecule has 4 heteroatoms. The second kappa shape index (κ2) is 4.53. The lowest BCUT2D eigenvalue weighted by Gasteiger charge is -2.37. The van der Waals surface area contributed by atoms with E-state index >= 15 is 0 Å². The quantitative estimate of drug-likeness (QED) is 0.698. The van der Waals surface area contributed by atoms with E-state index in [1.807, 2.05) is 0 Å². The van der Waals surface area contributed by atoms with E-state index < -0.39 is 5.41 Å². The van der Waals surface area contributed by atoms with Gasteiger partial charge in [-0.05, 0) is 38.3 Å². The molecule has 1 atom stereocenters. The summed E-state index contributed by atoms with van der Waals surface area (Å²) in [4.78, 5) is 23.5. The maximum Gasteiger partial charge on any atom is 0.233 e. The molecular weight excluding hydrogens is 204 g/mol. The van der Waals surface area contributed by atoms with E-state index in [2.05, 4.69) is 17.6 Å². The van der Waals surface area contributed by atoms with Crippen LogP contribution in [0.2, 0.25) is 0 Å². The fourth-order valence-electron chi connectivity index (χ4n) is 3.22. The van der Waals surface area contributed by atoms with Crippen LogP contribution >= 0.6 is 0 Å². The maximum atomic E-state index is 12.0. The summed E-state index contributed by atoms with van der Waals surface area (Å²) in [5, 5.41) is 5.80. The Morgan fingerprint density at radius 1 is 1.31 bits per heavy atom. The minimum Gasteiger partial charge on any atom is -0.317 e. The Kier molecular flexibility index (Phi) is 3.28. The zero-order chi connectivity index (χ0) is 11.6. The number of imide groups is 1. The van der Waals surface area contributed by atoms with Gasteiger partial charge in [-0.3, -0.25) is 14.9 Å². The zero-order valence-corrected chi connectivity index (χ0v) is 9.84. The van der Waals surface area contributed by atoms with Gasteiger partial charge in [0.15, 0.2) is 0 Å². The van der Waals surface area contributed by atoms with Crippen LogP contribution in [0, 0.1) is 11.3 Å². The molecule has 2 fully saturated rings. The number of amides is 2. The summed E-state index contributed by atoms with van der Waals surface area (Å²) in [5.41, 5.74) is -0.395. The number of rotatable bonds is 3. The minimum atomic E-state index is -0.395. The first kappa shape index (κ1) is 11.6. The van der Waals surface area contributed by atoms with Crippen molar-refractivity contribution in [1.82, 2.24) is 10.6 Å². The van der Waals surface area contributed by atoms with Crippen molar-refractivity contribution in [2.45, 2.75) is 39.0 Å². The third kappa shape index (κ3) is 1.86. The van der Waals surface area contributed by atoms with Crippen LogP contribution in [0.5, 0.6) is 0 Å². The van der Waals surface area contributed by atoms with Gasteiger partial charge in [0, 0.05) is 6.42 Å². The fraction of sp³-hybridized carbons (Fsp3) is 0.833. The Hall–Kier alpha value is -0.900. The summed E-state index contributed by atoms with van der Waals surface area (Å²) < 4.78 is 0. The molecule has 2 saturated heterocycles. The number of carbonyl (C=O) groups excluding carboxylic acids is 2. The van der Waals surface area contributed by atoms with Crippen LogP contribution in [0.25, 0.3) is 0 Å². The molecule has 0 spiro atoms. The minimum absolute atomic E-state index is 0.0220. The van der Waals surface area contributed by atoms with Gasteiger partial charge in [0.1, 0.15) is 0 Å². The predicted octanol–water partition coefficient (Wildman–Crippen LogP) is 0.819. The lowest BCUT2D eigenvalue weighted by Crippen LogP contribution is -2.43. The molecular formula is C12H20N2O2. The van der Waals surface area contributed by atoms with Gasteiger partial charge in [0.2, 0.25) is 11.8 Å². The molecule has 0 bridgehead atoms. The van der Waals surface area contributed by atoms with Crippen LogP contribution in [-0.2, 0) is 9.59 Å². The molecule has 0 aromatic rings. The molecule has 4 nitrogen and oxygen atoms in total. The van der Waals surface area contributed by atoms with Crippen molar-refractivity contribution in [2.75, 3.05) is 13.1 Å². The third-order valence-corrected chi connectivity index (χ3v) is 4.00. The lowest BCUT2D eigenvalue weighted by molar-refractivity contribution is -0.131. The molecule has 0 aliphatic carbocycles. The van der Waals surface area contributed by atoms with Crippen LogP contribution in [0.3, 0.4) is 0 Å². The highest BCUT2D eigenvalue weighted by atomic mass is 16.2. The van der Waals surface area contributed by atoms with E-state index in [9.17, 15) is 9.59 Å². The second-order valence-electron chi connectivity index (χ2n) is 4.98. The Morgan fingerprint density at radius 3 is 2.50 bits per heavy atom. The van der Waals surface area contributed by atoms with Crippen LogP contribution in [-0.4, -0.2) is 24.9 Å². The Balaban J connectivity index is 2.20. The maximum absolute atomic E-state index is 12.0. The van der Waals surface area contributed by atoms with Crippen molar-refractivity contribution in [3.63, 3.8) is 0 Å². The number of piperidine rings is 1. The smallest absolute Gasteiger partial charge is 0.233 e. The summed E-state index contributed by atoms with van der Waals surface area (Å²) in [6.07, 6.45) is 4.24. The zero-order valence-electron chi connectivity index (χ0n) is 9.84. The van der Waals surface area contributed by atoms with Gasteiger partial charge in [0.25, 0.3) is 0 Å². The van der Waals surface area contributed by atoms with Gasteiger partial charge >= 0.3 is 0 Å². The topological polar surface area (TPSA) is 58.2 Å². The predicted molar refractivity (Wildman–Crippen MR) is 60.7 cm³/mol. The first-order valence-electron chi connectivity index (χ1n) is 6.24. The molecule has 0 aromatic heterocycles. The average Bonchev–Trinajstić information content (AvgIpc) is 2.57. The Bertz CT molecular complexity index is 297. The molecule has 2 rings (SSSR count). The number of carbonyl (C=O) groups is 2.